The number of phenols is 1. The van der Waals surface area contributed by atoms with E-state index >= 15 is 0 Å². The second-order valence-electron chi connectivity index (χ2n) is 7.71. The Hall–Kier alpha value is -2.82. The number of phenolic OH excluding ortho intramolecular Hbond substituents is 1. The Morgan fingerprint density at radius 1 is 1.10 bits per heavy atom. The summed E-state index contributed by atoms with van der Waals surface area (Å²) in [7, 11) is 0. The number of hydrazone groups is 1. The summed E-state index contributed by atoms with van der Waals surface area (Å²) in [4.78, 5) is 14.6. The maximum atomic E-state index is 12.4. The summed E-state index contributed by atoms with van der Waals surface area (Å²) in [5.41, 5.74) is 6.33. The Balaban J connectivity index is 1.98. The molecule has 0 bridgehead atoms. The van der Waals surface area contributed by atoms with E-state index < -0.39 is 0 Å². The van der Waals surface area contributed by atoms with Crippen molar-refractivity contribution in [3.63, 3.8) is 0 Å². The monoisotopic (exact) mass is 395 g/mol. The molecule has 1 atom stereocenters. The Labute approximate surface area is 174 Å². The molecule has 0 heterocycles. The summed E-state index contributed by atoms with van der Waals surface area (Å²) in [5.74, 6) is 0.255. The van der Waals surface area contributed by atoms with E-state index in [0.29, 0.717) is 11.5 Å². The Kier molecular flexibility index (Phi) is 8.25. The van der Waals surface area contributed by atoms with Crippen LogP contribution in [-0.2, 0) is 11.2 Å². The maximum absolute atomic E-state index is 12.4. The standard InChI is InChI=1S/C24H33N3O2/c1-6-27(7-2)22-13-12-21(23(28)15-22)16-25-26-24(29)18(5)20-10-8-19(9-11-20)14-17(3)4/h8-13,15-18,28H,6-7,14H2,1-5H3,(H,26,29). The molecule has 1 amide bonds. The number of hydrogen-bond acceptors (Lipinski definition) is 4. The number of nitrogens with zero attached hydrogens (tertiary/aromatic N) is 2. The van der Waals surface area contributed by atoms with E-state index in [0.717, 1.165) is 30.8 Å². The van der Waals surface area contributed by atoms with E-state index in [1.54, 1.807) is 12.1 Å². The van der Waals surface area contributed by atoms with Crippen molar-refractivity contribution >= 4 is 17.8 Å². The molecule has 0 aromatic heterocycles. The topological polar surface area (TPSA) is 64.9 Å². The van der Waals surface area contributed by atoms with Crippen LogP contribution >= 0.6 is 0 Å². The summed E-state index contributed by atoms with van der Waals surface area (Å²) in [6, 6.07) is 13.6. The first-order valence-electron chi connectivity index (χ1n) is 10.3. The van der Waals surface area contributed by atoms with Crippen molar-refractivity contribution in [3.8, 4) is 5.75 Å². The van der Waals surface area contributed by atoms with Gasteiger partial charge in [0.05, 0.1) is 12.1 Å². The minimum absolute atomic E-state index is 0.140. The zero-order valence-electron chi connectivity index (χ0n) is 18.1. The van der Waals surface area contributed by atoms with Gasteiger partial charge in [-0.3, -0.25) is 4.79 Å². The van der Waals surface area contributed by atoms with Gasteiger partial charge in [-0.2, -0.15) is 5.10 Å². The lowest BCUT2D eigenvalue weighted by Crippen LogP contribution is -2.23. The van der Waals surface area contributed by atoms with Crippen molar-refractivity contribution in [2.45, 2.75) is 47.0 Å². The van der Waals surface area contributed by atoms with E-state index in [1.807, 2.05) is 25.1 Å². The Bertz CT molecular complexity index is 825. The van der Waals surface area contributed by atoms with Crippen LogP contribution in [0.2, 0.25) is 0 Å². The van der Waals surface area contributed by atoms with Crippen LogP contribution in [-0.4, -0.2) is 30.3 Å². The molecule has 2 aromatic carbocycles. The van der Waals surface area contributed by atoms with Gasteiger partial charge in [0.25, 0.3) is 0 Å². The minimum Gasteiger partial charge on any atom is -0.507 e. The van der Waals surface area contributed by atoms with Crippen molar-refractivity contribution < 1.29 is 9.90 Å². The molecule has 29 heavy (non-hydrogen) atoms. The van der Waals surface area contributed by atoms with Gasteiger partial charge >= 0.3 is 0 Å². The average molecular weight is 396 g/mol. The summed E-state index contributed by atoms with van der Waals surface area (Å²) in [6.07, 6.45) is 2.50. The highest BCUT2D eigenvalue weighted by Crippen LogP contribution is 2.23. The SMILES string of the molecule is CCN(CC)c1ccc(C=NNC(=O)C(C)c2ccc(CC(C)C)cc2)c(O)c1. The molecule has 0 radical (unpaired) electrons. The number of hydrogen-bond donors (Lipinski definition) is 2. The van der Waals surface area contributed by atoms with Gasteiger partial charge in [0.2, 0.25) is 5.91 Å². The van der Waals surface area contributed by atoms with Gasteiger partial charge in [-0.15, -0.1) is 0 Å². The number of benzene rings is 2. The quantitative estimate of drug-likeness (QED) is 0.478. The van der Waals surface area contributed by atoms with Crippen LogP contribution < -0.4 is 10.3 Å². The molecule has 5 heteroatoms. The fourth-order valence-corrected chi connectivity index (χ4v) is 3.25. The third-order valence-corrected chi connectivity index (χ3v) is 5.04. The zero-order chi connectivity index (χ0) is 21.4. The summed E-state index contributed by atoms with van der Waals surface area (Å²) in [5, 5.41) is 14.3. The molecule has 0 aliphatic rings. The number of rotatable bonds is 9. The number of nitrogens with one attached hydrogen (secondary N) is 1. The van der Waals surface area contributed by atoms with Crippen LogP contribution in [0.25, 0.3) is 0 Å². The van der Waals surface area contributed by atoms with Crippen LogP contribution in [0.4, 0.5) is 5.69 Å². The Morgan fingerprint density at radius 2 is 1.76 bits per heavy atom. The van der Waals surface area contributed by atoms with E-state index in [1.165, 1.54) is 11.8 Å². The predicted octanol–water partition coefficient (Wildman–Crippen LogP) is 4.69. The maximum Gasteiger partial charge on any atom is 0.247 e. The van der Waals surface area contributed by atoms with Gasteiger partial charge in [0, 0.05) is 30.4 Å². The first kappa shape index (κ1) is 22.5. The average Bonchev–Trinajstić information content (AvgIpc) is 2.70. The second kappa shape index (κ2) is 10.6. The fourth-order valence-electron chi connectivity index (χ4n) is 3.25. The number of aromatic hydroxyl groups is 1. The lowest BCUT2D eigenvalue weighted by atomic mass is 9.96. The molecule has 0 saturated heterocycles. The van der Waals surface area contributed by atoms with Gasteiger partial charge in [0.15, 0.2) is 0 Å². The molecular formula is C24H33N3O2. The Morgan fingerprint density at radius 3 is 2.31 bits per heavy atom. The van der Waals surface area contributed by atoms with Crippen LogP contribution in [0.3, 0.4) is 0 Å². The summed E-state index contributed by atoms with van der Waals surface area (Å²) in [6.45, 7) is 12.1. The summed E-state index contributed by atoms with van der Waals surface area (Å²) < 4.78 is 0. The molecular weight excluding hydrogens is 362 g/mol. The van der Waals surface area contributed by atoms with E-state index in [-0.39, 0.29) is 17.6 Å². The predicted molar refractivity (Wildman–Crippen MR) is 121 cm³/mol. The molecule has 0 saturated carbocycles. The van der Waals surface area contributed by atoms with E-state index in [2.05, 4.69) is 55.3 Å². The van der Waals surface area contributed by atoms with Gasteiger partial charge in [-0.1, -0.05) is 38.1 Å². The highest BCUT2D eigenvalue weighted by molar-refractivity contribution is 5.87. The van der Waals surface area contributed by atoms with Crippen LogP contribution in [0.1, 0.15) is 57.2 Å². The van der Waals surface area contributed by atoms with Crippen molar-refractivity contribution in [2.24, 2.45) is 11.0 Å². The van der Waals surface area contributed by atoms with Crippen LogP contribution in [0.5, 0.6) is 5.75 Å². The number of amides is 1. The second-order valence-corrected chi connectivity index (χ2v) is 7.71. The van der Waals surface area contributed by atoms with E-state index in [4.69, 9.17) is 0 Å². The summed E-state index contributed by atoms with van der Waals surface area (Å²) >= 11 is 0. The first-order chi connectivity index (χ1) is 13.8. The van der Waals surface area contributed by atoms with Crippen molar-refractivity contribution in [3.05, 3.63) is 59.2 Å². The van der Waals surface area contributed by atoms with Gasteiger partial charge in [-0.05, 0) is 56.4 Å². The molecule has 0 aliphatic heterocycles. The molecule has 0 spiro atoms. The van der Waals surface area contributed by atoms with Crippen LogP contribution in [0, 0.1) is 5.92 Å². The molecule has 5 nitrogen and oxygen atoms in total. The normalized spacial score (nSPS) is 12.3. The van der Waals surface area contributed by atoms with Gasteiger partial charge in [0.1, 0.15) is 5.75 Å². The molecule has 2 aromatic rings. The highest BCUT2D eigenvalue weighted by atomic mass is 16.3. The first-order valence-corrected chi connectivity index (χ1v) is 10.3. The third kappa shape index (κ3) is 6.34. The molecule has 1 unspecified atom stereocenters. The number of carbonyl (C=O) groups excluding carboxylic acids is 1. The lowest BCUT2D eigenvalue weighted by Gasteiger charge is -2.21. The number of carbonyl (C=O) groups is 1. The third-order valence-electron chi connectivity index (χ3n) is 5.04. The minimum atomic E-state index is -0.307. The lowest BCUT2D eigenvalue weighted by molar-refractivity contribution is -0.122. The van der Waals surface area contributed by atoms with Gasteiger partial charge < -0.3 is 10.0 Å². The molecule has 0 aliphatic carbocycles. The molecule has 2 N–H and O–H groups in total. The largest absolute Gasteiger partial charge is 0.507 e. The van der Waals surface area contributed by atoms with Crippen LogP contribution in [0.15, 0.2) is 47.6 Å². The number of anilines is 1. The highest BCUT2D eigenvalue weighted by Gasteiger charge is 2.14. The fraction of sp³-hybridized carbons (Fsp3) is 0.417. The molecule has 0 fully saturated rings. The van der Waals surface area contributed by atoms with Crippen molar-refractivity contribution in [1.29, 1.82) is 0 Å². The van der Waals surface area contributed by atoms with Crippen molar-refractivity contribution in [2.75, 3.05) is 18.0 Å². The zero-order valence-corrected chi connectivity index (χ0v) is 18.1. The molecule has 2 rings (SSSR count). The van der Waals surface area contributed by atoms with Gasteiger partial charge in [-0.25, -0.2) is 5.43 Å². The molecule has 156 valence electrons. The van der Waals surface area contributed by atoms with E-state index in [9.17, 15) is 9.90 Å². The van der Waals surface area contributed by atoms with Crippen molar-refractivity contribution in [1.82, 2.24) is 5.43 Å². The smallest absolute Gasteiger partial charge is 0.247 e.